The molecule has 0 aliphatic heterocycles. The minimum Gasteiger partial charge on any atom is -0.324 e. The highest BCUT2D eigenvalue weighted by molar-refractivity contribution is 7.99. The minimum absolute atomic E-state index is 0.0849. The molecule has 84 valence electrons. The summed E-state index contributed by atoms with van der Waals surface area (Å²) in [7, 11) is 0. The molecule has 0 saturated carbocycles. The summed E-state index contributed by atoms with van der Waals surface area (Å²) in [6.45, 7) is 8.69. The van der Waals surface area contributed by atoms with Gasteiger partial charge >= 0.3 is 0 Å². The van der Waals surface area contributed by atoms with Gasteiger partial charge in [0.05, 0.1) is 5.03 Å². The van der Waals surface area contributed by atoms with E-state index in [0.717, 1.165) is 10.6 Å². The number of thioether (sulfide) groups is 1. The standard InChI is InChI=1S/C12H20N2S/c1-8(2)10(4)15-12-7-11(9(3)13)5-6-14-12/h5-10H,13H2,1-4H3/t9-,10?/m0/s1. The van der Waals surface area contributed by atoms with Gasteiger partial charge in [0.25, 0.3) is 0 Å². The lowest BCUT2D eigenvalue weighted by Crippen LogP contribution is -2.07. The van der Waals surface area contributed by atoms with Gasteiger partial charge in [-0.1, -0.05) is 20.8 Å². The second-order valence-electron chi connectivity index (χ2n) is 4.28. The normalized spacial score (nSPS) is 15.3. The summed E-state index contributed by atoms with van der Waals surface area (Å²) in [4.78, 5) is 4.35. The van der Waals surface area contributed by atoms with Crippen molar-refractivity contribution in [3.05, 3.63) is 23.9 Å². The maximum atomic E-state index is 5.84. The monoisotopic (exact) mass is 224 g/mol. The second-order valence-corrected chi connectivity index (χ2v) is 5.68. The van der Waals surface area contributed by atoms with Gasteiger partial charge in [-0.3, -0.25) is 0 Å². The predicted octanol–water partition coefficient (Wildman–Crippen LogP) is 3.24. The second kappa shape index (κ2) is 5.52. The fourth-order valence-corrected chi connectivity index (χ4v) is 2.08. The molecule has 0 aliphatic rings. The van der Waals surface area contributed by atoms with Crippen molar-refractivity contribution in [2.75, 3.05) is 0 Å². The lowest BCUT2D eigenvalue weighted by Gasteiger charge is -2.15. The molecule has 0 saturated heterocycles. The number of nitrogens with two attached hydrogens (primary N) is 1. The number of nitrogens with zero attached hydrogens (tertiary/aromatic N) is 1. The summed E-state index contributed by atoms with van der Waals surface area (Å²) in [6, 6.07) is 4.16. The zero-order valence-corrected chi connectivity index (χ0v) is 10.7. The molecule has 0 bridgehead atoms. The van der Waals surface area contributed by atoms with E-state index < -0.39 is 0 Å². The molecule has 1 heterocycles. The molecule has 2 N–H and O–H groups in total. The molecule has 2 atom stereocenters. The molecule has 15 heavy (non-hydrogen) atoms. The summed E-state index contributed by atoms with van der Waals surface area (Å²) >= 11 is 1.82. The van der Waals surface area contributed by atoms with E-state index in [1.165, 1.54) is 0 Å². The molecule has 0 aromatic carbocycles. The molecule has 0 fully saturated rings. The van der Waals surface area contributed by atoms with Gasteiger partial charge in [0.1, 0.15) is 0 Å². The fourth-order valence-electron chi connectivity index (χ4n) is 1.10. The van der Waals surface area contributed by atoms with E-state index in [-0.39, 0.29) is 6.04 Å². The maximum Gasteiger partial charge on any atom is 0.0965 e. The van der Waals surface area contributed by atoms with Crippen LogP contribution >= 0.6 is 11.8 Å². The van der Waals surface area contributed by atoms with Gasteiger partial charge in [-0.05, 0) is 30.5 Å². The third-order valence-corrected chi connectivity index (χ3v) is 3.91. The molecular formula is C12H20N2S. The van der Waals surface area contributed by atoms with Gasteiger partial charge in [-0.15, -0.1) is 11.8 Å². The van der Waals surface area contributed by atoms with Crippen LogP contribution in [-0.4, -0.2) is 10.2 Å². The van der Waals surface area contributed by atoms with E-state index in [4.69, 9.17) is 5.73 Å². The zero-order valence-electron chi connectivity index (χ0n) is 9.90. The first kappa shape index (κ1) is 12.5. The van der Waals surface area contributed by atoms with Crippen LogP contribution in [0.4, 0.5) is 0 Å². The van der Waals surface area contributed by atoms with Crippen LogP contribution in [0.5, 0.6) is 0 Å². The van der Waals surface area contributed by atoms with Crippen molar-refractivity contribution in [1.29, 1.82) is 0 Å². The first-order valence-corrected chi connectivity index (χ1v) is 6.27. The molecular weight excluding hydrogens is 204 g/mol. The smallest absolute Gasteiger partial charge is 0.0965 e. The average Bonchev–Trinajstić information content (AvgIpc) is 2.18. The Hall–Kier alpha value is -0.540. The summed E-state index contributed by atoms with van der Waals surface area (Å²) in [5.41, 5.74) is 6.99. The number of aromatic nitrogens is 1. The Morgan fingerprint density at radius 1 is 1.27 bits per heavy atom. The number of hydrogen-bond donors (Lipinski definition) is 1. The maximum absolute atomic E-state index is 5.84. The highest BCUT2D eigenvalue weighted by Crippen LogP contribution is 2.27. The lowest BCUT2D eigenvalue weighted by atomic mass is 10.1. The summed E-state index contributed by atoms with van der Waals surface area (Å²) in [5.74, 6) is 0.663. The third kappa shape index (κ3) is 3.84. The van der Waals surface area contributed by atoms with Crippen molar-refractivity contribution in [3.8, 4) is 0 Å². The zero-order chi connectivity index (χ0) is 11.4. The lowest BCUT2D eigenvalue weighted by molar-refractivity contribution is 0.641. The molecule has 3 heteroatoms. The Morgan fingerprint density at radius 2 is 1.93 bits per heavy atom. The van der Waals surface area contributed by atoms with Gasteiger partial charge in [-0.25, -0.2) is 4.98 Å². The Bertz CT molecular complexity index is 310. The van der Waals surface area contributed by atoms with Crippen molar-refractivity contribution in [3.63, 3.8) is 0 Å². The van der Waals surface area contributed by atoms with Crippen LogP contribution in [0, 0.1) is 5.92 Å². The van der Waals surface area contributed by atoms with Crippen LogP contribution in [0.2, 0.25) is 0 Å². The fraction of sp³-hybridized carbons (Fsp3) is 0.583. The van der Waals surface area contributed by atoms with E-state index in [1.807, 2.05) is 30.9 Å². The van der Waals surface area contributed by atoms with Gasteiger partial charge in [-0.2, -0.15) is 0 Å². The van der Waals surface area contributed by atoms with Crippen LogP contribution in [-0.2, 0) is 0 Å². The van der Waals surface area contributed by atoms with Crippen molar-refractivity contribution < 1.29 is 0 Å². The van der Waals surface area contributed by atoms with Crippen molar-refractivity contribution in [1.82, 2.24) is 4.98 Å². The summed E-state index contributed by atoms with van der Waals surface area (Å²) in [6.07, 6.45) is 1.84. The third-order valence-electron chi connectivity index (χ3n) is 2.53. The van der Waals surface area contributed by atoms with Gasteiger partial charge in [0.2, 0.25) is 0 Å². The quantitative estimate of drug-likeness (QED) is 0.798. The van der Waals surface area contributed by atoms with Crippen LogP contribution in [0.15, 0.2) is 23.4 Å². The highest BCUT2D eigenvalue weighted by Gasteiger charge is 2.10. The Balaban J connectivity index is 2.73. The molecule has 1 aromatic heterocycles. The highest BCUT2D eigenvalue weighted by atomic mass is 32.2. The van der Waals surface area contributed by atoms with Gasteiger partial charge < -0.3 is 5.73 Å². The molecule has 2 nitrogen and oxygen atoms in total. The van der Waals surface area contributed by atoms with E-state index in [9.17, 15) is 0 Å². The summed E-state index contributed by atoms with van der Waals surface area (Å²) < 4.78 is 0. The van der Waals surface area contributed by atoms with E-state index in [0.29, 0.717) is 11.2 Å². The molecule has 1 aromatic rings. The summed E-state index contributed by atoms with van der Waals surface area (Å²) in [5, 5.41) is 1.66. The first-order chi connectivity index (χ1) is 7.00. The largest absolute Gasteiger partial charge is 0.324 e. The van der Waals surface area contributed by atoms with Crippen molar-refractivity contribution in [2.45, 2.75) is 44.0 Å². The van der Waals surface area contributed by atoms with Crippen LogP contribution in [0.3, 0.4) is 0 Å². The van der Waals surface area contributed by atoms with Crippen LogP contribution < -0.4 is 5.73 Å². The number of pyridine rings is 1. The van der Waals surface area contributed by atoms with Gasteiger partial charge in [0.15, 0.2) is 0 Å². The molecule has 0 spiro atoms. The SMILES string of the molecule is CC(C)C(C)Sc1cc([C@H](C)N)ccn1. The average molecular weight is 224 g/mol. The Labute approximate surface area is 96.7 Å². The Kier molecular flexibility index (Phi) is 4.61. The molecule has 0 radical (unpaired) electrons. The topological polar surface area (TPSA) is 38.9 Å². The van der Waals surface area contributed by atoms with Crippen LogP contribution in [0.1, 0.15) is 39.3 Å². The number of rotatable bonds is 4. The van der Waals surface area contributed by atoms with Crippen molar-refractivity contribution >= 4 is 11.8 Å². The minimum atomic E-state index is 0.0849. The number of hydrogen-bond acceptors (Lipinski definition) is 3. The van der Waals surface area contributed by atoms with Crippen molar-refractivity contribution in [2.24, 2.45) is 11.7 Å². The van der Waals surface area contributed by atoms with E-state index in [1.54, 1.807) is 0 Å². The van der Waals surface area contributed by atoms with Gasteiger partial charge in [0, 0.05) is 17.5 Å². The molecule has 1 rings (SSSR count). The first-order valence-electron chi connectivity index (χ1n) is 5.39. The van der Waals surface area contributed by atoms with E-state index in [2.05, 4.69) is 31.8 Å². The molecule has 0 aliphatic carbocycles. The predicted molar refractivity (Wildman–Crippen MR) is 67.0 cm³/mol. The Morgan fingerprint density at radius 3 is 2.47 bits per heavy atom. The molecule has 1 unspecified atom stereocenters. The molecule has 0 amide bonds. The van der Waals surface area contributed by atoms with Crippen LogP contribution in [0.25, 0.3) is 0 Å². The van der Waals surface area contributed by atoms with E-state index >= 15 is 0 Å².